The summed E-state index contributed by atoms with van der Waals surface area (Å²) < 4.78 is 0. The average Bonchev–Trinajstić information content (AvgIpc) is 2.52. The van der Waals surface area contributed by atoms with Crippen LogP contribution in [0.5, 0.6) is 0 Å². The summed E-state index contributed by atoms with van der Waals surface area (Å²) in [7, 11) is 0. The first kappa shape index (κ1) is 20.1. The third-order valence-corrected chi connectivity index (χ3v) is 4.44. The molecule has 23 heavy (non-hydrogen) atoms. The van der Waals surface area contributed by atoms with Gasteiger partial charge >= 0.3 is 0 Å². The van der Waals surface area contributed by atoms with Crippen LogP contribution in [0.15, 0.2) is 35.5 Å². The first-order valence-corrected chi connectivity index (χ1v) is 8.44. The molecule has 132 valence electrons. The molecule has 0 bridgehead atoms. The molecule has 1 aliphatic rings. The summed E-state index contributed by atoms with van der Waals surface area (Å²) in [6.45, 7) is 5.38. The Morgan fingerprint density at radius 1 is 1.26 bits per heavy atom. The molecule has 1 rings (SSSR count). The van der Waals surface area contributed by atoms with Crippen LogP contribution < -0.4 is 0 Å². The quantitative estimate of drug-likeness (QED) is 0.462. The van der Waals surface area contributed by atoms with E-state index in [2.05, 4.69) is 0 Å². The van der Waals surface area contributed by atoms with Crippen molar-refractivity contribution in [2.75, 3.05) is 13.2 Å². The molecule has 4 N–H and O–H groups in total. The largest absolute Gasteiger partial charge is 0.396 e. The molecule has 0 heterocycles. The van der Waals surface area contributed by atoms with Crippen LogP contribution in [-0.4, -0.2) is 45.3 Å². The van der Waals surface area contributed by atoms with Crippen molar-refractivity contribution < 1.29 is 20.4 Å². The molecule has 0 aliphatic heterocycles. The Hall–Kier alpha value is -0.940. The number of hydrogen-bond donors (Lipinski definition) is 4. The smallest absolute Gasteiger partial charge is 0.0774 e. The Morgan fingerprint density at radius 2 is 1.96 bits per heavy atom. The van der Waals surface area contributed by atoms with Crippen molar-refractivity contribution in [3.8, 4) is 0 Å². The van der Waals surface area contributed by atoms with Gasteiger partial charge in [0.15, 0.2) is 0 Å². The fraction of sp³-hybridized carbons (Fsp3) is 0.684. The van der Waals surface area contributed by atoms with Crippen LogP contribution >= 0.6 is 0 Å². The molecule has 1 aliphatic carbocycles. The van der Waals surface area contributed by atoms with Gasteiger partial charge in [-0.05, 0) is 63.9 Å². The van der Waals surface area contributed by atoms with Crippen molar-refractivity contribution in [1.82, 2.24) is 0 Å². The predicted molar refractivity (Wildman–Crippen MR) is 92.9 cm³/mol. The van der Waals surface area contributed by atoms with Gasteiger partial charge in [0.25, 0.3) is 0 Å². The van der Waals surface area contributed by atoms with Crippen LogP contribution in [-0.2, 0) is 0 Å². The van der Waals surface area contributed by atoms with Crippen molar-refractivity contribution in [3.63, 3.8) is 0 Å². The van der Waals surface area contributed by atoms with E-state index in [1.54, 1.807) is 26.0 Å². The third-order valence-electron chi connectivity index (χ3n) is 4.44. The second-order valence-corrected chi connectivity index (χ2v) is 7.16. The van der Waals surface area contributed by atoms with Crippen LogP contribution in [0.3, 0.4) is 0 Å². The molecule has 3 atom stereocenters. The minimum atomic E-state index is -0.894. The minimum Gasteiger partial charge on any atom is -0.396 e. The van der Waals surface area contributed by atoms with Gasteiger partial charge < -0.3 is 20.4 Å². The van der Waals surface area contributed by atoms with Crippen LogP contribution in [0.1, 0.15) is 46.5 Å². The second-order valence-electron chi connectivity index (χ2n) is 7.16. The van der Waals surface area contributed by atoms with E-state index in [4.69, 9.17) is 0 Å². The topological polar surface area (TPSA) is 80.9 Å². The van der Waals surface area contributed by atoms with E-state index in [-0.39, 0.29) is 25.0 Å². The third kappa shape index (κ3) is 7.44. The Balaban J connectivity index is 2.98. The van der Waals surface area contributed by atoms with Gasteiger partial charge in [0.05, 0.1) is 18.3 Å². The molecule has 0 unspecified atom stereocenters. The van der Waals surface area contributed by atoms with Crippen molar-refractivity contribution in [3.05, 3.63) is 35.5 Å². The maximum Gasteiger partial charge on any atom is 0.0774 e. The first-order chi connectivity index (χ1) is 10.8. The lowest BCUT2D eigenvalue weighted by Crippen LogP contribution is -2.23. The lowest BCUT2D eigenvalue weighted by molar-refractivity contribution is 0.133. The van der Waals surface area contributed by atoms with E-state index >= 15 is 0 Å². The molecular formula is C19H32O4. The molecule has 0 amide bonds. The maximum atomic E-state index is 9.97. The number of aliphatic hydroxyl groups is 4. The average molecular weight is 324 g/mol. The predicted octanol–water partition coefficient (Wildman–Crippen LogP) is 2.34. The van der Waals surface area contributed by atoms with Crippen LogP contribution in [0.25, 0.3) is 0 Å². The zero-order valence-electron chi connectivity index (χ0n) is 14.6. The number of hydrogen-bond acceptors (Lipinski definition) is 4. The highest BCUT2D eigenvalue weighted by molar-refractivity contribution is 5.19. The lowest BCUT2D eigenvalue weighted by Gasteiger charge is -2.27. The van der Waals surface area contributed by atoms with E-state index in [1.807, 2.05) is 19.1 Å². The Morgan fingerprint density at radius 3 is 2.52 bits per heavy atom. The van der Waals surface area contributed by atoms with Crippen molar-refractivity contribution >= 4 is 0 Å². The van der Waals surface area contributed by atoms with Gasteiger partial charge in [-0.25, -0.2) is 0 Å². The summed E-state index contributed by atoms with van der Waals surface area (Å²) in [5, 5.41) is 39.2. The standard InChI is InChI=1S/C19H32O4/c1-14-6-9-18(16(13-21)7-8-17(22)11-14)15(12-20)5-4-10-19(2,3)23/h4-5,10-11,16-18,20-23H,6-9,12-13H2,1-3H3/b10-4+,14-11+,15-5+/t16-,17-,18-/m1/s1. The normalized spacial score (nSPS) is 30.5. The van der Waals surface area contributed by atoms with Crippen LogP contribution in [0.2, 0.25) is 0 Å². The molecule has 0 spiro atoms. The maximum absolute atomic E-state index is 9.97. The highest BCUT2D eigenvalue weighted by Crippen LogP contribution is 2.32. The molecule has 4 nitrogen and oxygen atoms in total. The number of rotatable bonds is 5. The lowest BCUT2D eigenvalue weighted by atomic mass is 9.80. The van der Waals surface area contributed by atoms with E-state index < -0.39 is 11.7 Å². The summed E-state index contributed by atoms with van der Waals surface area (Å²) in [6, 6.07) is 0. The summed E-state index contributed by atoms with van der Waals surface area (Å²) >= 11 is 0. The molecule has 0 aromatic heterocycles. The zero-order valence-corrected chi connectivity index (χ0v) is 14.6. The molecule has 0 aromatic carbocycles. The molecule has 0 saturated heterocycles. The van der Waals surface area contributed by atoms with Gasteiger partial charge in [0, 0.05) is 6.61 Å². The van der Waals surface area contributed by atoms with Gasteiger partial charge in [-0.3, -0.25) is 0 Å². The fourth-order valence-corrected chi connectivity index (χ4v) is 3.11. The molecule has 0 aromatic rings. The second kappa shape index (κ2) is 9.38. The van der Waals surface area contributed by atoms with Gasteiger partial charge in [0.1, 0.15) is 0 Å². The Bertz CT molecular complexity index is 443. The van der Waals surface area contributed by atoms with Gasteiger partial charge in [0.2, 0.25) is 0 Å². The van der Waals surface area contributed by atoms with E-state index in [0.717, 1.165) is 30.4 Å². The van der Waals surface area contributed by atoms with E-state index in [0.29, 0.717) is 6.42 Å². The molecule has 0 fully saturated rings. The highest BCUT2D eigenvalue weighted by Gasteiger charge is 2.25. The van der Waals surface area contributed by atoms with Crippen molar-refractivity contribution in [2.24, 2.45) is 11.8 Å². The summed E-state index contributed by atoms with van der Waals surface area (Å²) in [4.78, 5) is 0. The van der Waals surface area contributed by atoms with Gasteiger partial charge in [-0.15, -0.1) is 0 Å². The van der Waals surface area contributed by atoms with E-state index in [9.17, 15) is 20.4 Å². The number of aliphatic hydroxyl groups excluding tert-OH is 3. The molecular weight excluding hydrogens is 292 g/mol. The van der Waals surface area contributed by atoms with Crippen molar-refractivity contribution in [2.45, 2.75) is 58.2 Å². The minimum absolute atomic E-state index is 0.0258. The Kier molecular flexibility index (Phi) is 8.20. The molecule has 4 heteroatoms. The van der Waals surface area contributed by atoms with E-state index in [1.165, 1.54) is 0 Å². The monoisotopic (exact) mass is 324 g/mol. The van der Waals surface area contributed by atoms with Crippen molar-refractivity contribution in [1.29, 1.82) is 0 Å². The van der Waals surface area contributed by atoms with Crippen LogP contribution in [0, 0.1) is 11.8 Å². The molecule has 0 saturated carbocycles. The molecule has 0 radical (unpaired) electrons. The fourth-order valence-electron chi connectivity index (χ4n) is 3.11. The SMILES string of the molecule is C/C1=C\[C@H](O)CC[C@H](CO)[C@@H](/C(=C/C=C/C(C)(C)O)CO)CC1. The van der Waals surface area contributed by atoms with Crippen LogP contribution in [0.4, 0.5) is 0 Å². The van der Waals surface area contributed by atoms with Gasteiger partial charge in [-0.1, -0.05) is 29.9 Å². The summed E-state index contributed by atoms with van der Waals surface area (Å²) in [6.07, 6.45) is 9.75. The first-order valence-electron chi connectivity index (χ1n) is 8.44. The summed E-state index contributed by atoms with van der Waals surface area (Å²) in [5.41, 5.74) is 1.12. The summed E-state index contributed by atoms with van der Waals surface area (Å²) in [5.74, 6) is 0.1000. The highest BCUT2D eigenvalue weighted by atomic mass is 16.3. The Labute approximate surface area is 139 Å². The zero-order chi connectivity index (χ0) is 17.5. The number of allylic oxidation sites excluding steroid dienone is 3. The van der Waals surface area contributed by atoms with Gasteiger partial charge in [-0.2, -0.15) is 0 Å².